The molecule has 0 aromatic heterocycles. The van der Waals surface area contributed by atoms with Crippen molar-refractivity contribution < 1.29 is 17.9 Å². The largest absolute Gasteiger partial charge is 0.493 e. The van der Waals surface area contributed by atoms with Crippen LogP contribution in [-0.2, 0) is 10.0 Å². The van der Waals surface area contributed by atoms with Crippen molar-refractivity contribution in [1.82, 2.24) is 0 Å². The van der Waals surface area contributed by atoms with Crippen LogP contribution in [-0.4, -0.2) is 28.9 Å². The molecule has 0 saturated heterocycles. The van der Waals surface area contributed by atoms with Crippen LogP contribution >= 0.6 is 22.6 Å². The Kier molecular flexibility index (Phi) is 6.75. The van der Waals surface area contributed by atoms with Crippen molar-refractivity contribution in [3.8, 4) is 11.5 Å². The molecule has 0 bridgehead atoms. The predicted molar refractivity (Wildman–Crippen MR) is 123 cm³/mol. The topological polar surface area (TPSA) is 77.0 Å². The van der Waals surface area contributed by atoms with E-state index in [-0.39, 0.29) is 4.90 Å². The van der Waals surface area contributed by atoms with Gasteiger partial charge in [-0.1, -0.05) is 0 Å². The van der Waals surface area contributed by atoms with Crippen molar-refractivity contribution in [1.29, 1.82) is 0 Å². The summed E-state index contributed by atoms with van der Waals surface area (Å²) in [5.74, 6) is 1.25. The summed E-state index contributed by atoms with van der Waals surface area (Å²) in [6, 6.07) is 18.9. The molecule has 0 saturated carbocycles. The summed E-state index contributed by atoms with van der Waals surface area (Å²) in [5.41, 5.74) is 1.98. The molecular formula is C21H19IN2O4S. The maximum Gasteiger partial charge on any atom is 0.261 e. The van der Waals surface area contributed by atoms with Crippen molar-refractivity contribution >= 4 is 50.2 Å². The minimum Gasteiger partial charge on any atom is -0.493 e. The molecule has 3 rings (SSSR count). The lowest BCUT2D eigenvalue weighted by Gasteiger charge is -2.08. The fraction of sp³-hybridized carbons (Fsp3) is 0.0952. The van der Waals surface area contributed by atoms with E-state index in [9.17, 15) is 8.42 Å². The highest BCUT2D eigenvalue weighted by Gasteiger charge is 2.13. The summed E-state index contributed by atoms with van der Waals surface area (Å²) >= 11 is 2.16. The number of aliphatic imine (C=N–C) groups is 1. The number of anilines is 1. The number of hydrogen-bond acceptors (Lipinski definition) is 5. The smallest absolute Gasteiger partial charge is 0.261 e. The Morgan fingerprint density at radius 2 is 1.55 bits per heavy atom. The molecule has 3 aromatic rings. The molecule has 0 aliphatic heterocycles. The average Bonchev–Trinajstić information content (AvgIpc) is 2.73. The second-order valence-corrected chi connectivity index (χ2v) is 8.91. The maximum atomic E-state index is 12.5. The van der Waals surface area contributed by atoms with Crippen molar-refractivity contribution in [3.63, 3.8) is 0 Å². The van der Waals surface area contributed by atoms with E-state index >= 15 is 0 Å². The van der Waals surface area contributed by atoms with E-state index in [1.807, 2.05) is 24.3 Å². The summed E-state index contributed by atoms with van der Waals surface area (Å²) in [6.07, 6.45) is 1.68. The molecule has 0 radical (unpaired) electrons. The van der Waals surface area contributed by atoms with Gasteiger partial charge in [0.1, 0.15) is 0 Å². The Bertz CT molecular complexity index is 1110. The molecule has 150 valence electrons. The van der Waals surface area contributed by atoms with E-state index in [1.54, 1.807) is 50.8 Å². The van der Waals surface area contributed by atoms with Gasteiger partial charge in [-0.15, -0.1) is 0 Å². The number of nitrogens with one attached hydrogen (secondary N) is 1. The molecule has 0 fully saturated rings. The normalized spacial score (nSPS) is 11.4. The Labute approximate surface area is 183 Å². The van der Waals surface area contributed by atoms with Crippen LogP contribution < -0.4 is 14.2 Å². The van der Waals surface area contributed by atoms with Crippen LogP contribution in [0.15, 0.2) is 76.6 Å². The highest BCUT2D eigenvalue weighted by molar-refractivity contribution is 14.1. The van der Waals surface area contributed by atoms with Gasteiger partial charge in [-0.2, -0.15) is 0 Å². The fourth-order valence-corrected chi connectivity index (χ4v) is 3.94. The van der Waals surface area contributed by atoms with Gasteiger partial charge in [-0.05, 0) is 94.9 Å². The van der Waals surface area contributed by atoms with Crippen LogP contribution in [0.2, 0.25) is 0 Å². The third-order valence-electron chi connectivity index (χ3n) is 4.01. The predicted octanol–water partition coefficient (Wildman–Crippen LogP) is 4.86. The van der Waals surface area contributed by atoms with Crippen molar-refractivity contribution in [3.05, 3.63) is 75.9 Å². The Balaban J connectivity index is 1.74. The Morgan fingerprint density at radius 3 is 2.17 bits per heavy atom. The van der Waals surface area contributed by atoms with E-state index in [0.29, 0.717) is 22.9 Å². The number of hydrogen-bond donors (Lipinski definition) is 1. The lowest BCUT2D eigenvalue weighted by molar-refractivity contribution is 0.355. The van der Waals surface area contributed by atoms with E-state index < -0.39 is 10.0 Å². The number of ether oxygens (including phenoxy) is 2. The number of nitrogens with zero attached hydrogens (tertiary/aromatic N) is 1. The first kappa shape index (κ1) is 21.1. The first-order valence-corrected chi connectivity index (χ1v) is 11.1. The first-order valence-electron chi connectivity index (χ1n) is 8.56. The van der Waals surface area contributed by atoms with E-state index in [4.69, 9.17) is 9.47 Å². The number of sulfonamides is 1. The lowest BCUT2D eigenvalue weighted by atomic mass is 10.2. The van der Waals surface area contributed by atoms with Gasteiger partial charge in [-0.3, -0.25) is 9.71 Å². The number of methoxy groups -OCH3 is 2. The maximum absolute atomic E-state index is 12.5. The molecule has 29 heavy (non-hydrogen) atoms. The summed E-state index contributed by atoms with van der Waals surface area (Å²) in [4.78, 5) is 4.55. The summed E-state index contributed by atoms with van der Waals surface area (Å²) in [5, 5.41) is 0. The minimum atomic E-state index is -3.66. The van der Waals surface area contributed by atoms with Gasteiger partial charge in [0.2, 0.25) is 0 Å². The van der Waals surface area contributed by atoms with Gasteiger partial charge >= 0.3 is 0 Å². The average molecular weight is 522 g/mol. The summed E-state index contributed by atoms with van der Waals surface area (Å²) < 4.78 is 39.2. The molecule has 0 atom stereocenters. The van der Waals surface area contributed by atoms with Crippen LogP contribution in [0.25, 0.3) is 0 Å². The number of halogens is 1. The molecule has 0 spiro atoms. The quantitative estimate of drug-likeness (QED) is 0.355. The van der Waals surface area contributed by atoms with Crippen LogP contribution in [0.3, 0.4) is 0 Å². The first-order chi connectivity index (χ1) is 13.9. The second-order valence-electron chi connectivity index (χ2n) is 5.98. The van der Waals surface area contributed by atoms with Gasteiger partial charge in [0.05, 0.1) is 24.8 Å². The third-order valence-corrected chi connectivity index (χ3v) is 6.13. The Hall–Kier alpha value is -2.59. The minimum absolute atomic E-state index is 0.168. The molecule has 0 amide bonds. The second kappa shape index (κ2) is 9.27. The van der Waals surface area contributed by atoms with Crippen LogP contribution in [0.4, 0.5) is 11.4 Å². The zero-order chi connectivity index (χ0) is 20.9. The molecule has 0 heterocycles. The molecular weight excluding hydrogens is 503 g/mol. The van der Waals surface area contributed by atoms with Gasteiger partial charge in [0, 0.05) is 15.5 Å². The van der Waals surface area contributed by atoms with Gasteiger partial charge in [0.25, 0.3) is 10.0 Å². The summed E-state index contributed by atoms with van der Waals surface area (Å²) in [7, 11) is -0.512. The monoisotopic (exact) mass is 522 g/mol. The van der Waals surface area contributed by atoms with Crippen molar-refractivity contribution in [2.24, 2.45) is 4.99 Å². The lowest BCUT2D eigenvalue weighted by Crippen LogP contribution is -2.12. The van der Waals surface area contributed by atoms with Crippen molar-refractivity contribution in [2.75, 3.05) is 18.9 Å². The van der Waals surface area contributed by atoms with Crippen LogP contribution in [0.5, 0.6) is 11.5 Å². The van der Waals surface area contributed by atoms with E-state index in [2.05, 4.69) is 32.3 Å². The fourth-order valence-electron chi connectivity index (χ4n) is 2.53. The van der Waals surface area contributed by atoms with Gasteiger partial charge < -0.3 is 9.47 Å². The van der Waals surface area contributed by atoms with Gasteiger partial charge in [0.15, 0.2) is 11.5 Å². The van der Waals surface area contributed by atoms with Gasteiger partial charge in [-0.25, -0.2) is 8.42 Å². The SMILES string of the molecule is COc1ccc(C=Nc2ccc(S(=O)(=O)Nc3ccc(I)cc3)cc2)cc1OC. The molecule has 1 N–H and O–H groups in total. The zero-order valence-electron chi connectivity index (χ0n) is 15.8. The molecule has 0 unspecified atom stereocenters. The zero-order valence-corrected chi connectivity index (χ0v) is 18.8. The standard InChI is InChI=1S/C21H19IN2O4S/c1-27-20-12-3-15(13-21(20)28-2)14-23-17-8-10-19(11-9-17)29(25,26)24-18-6-4-16(22)5-7-18/h3-14,24H,1-2H3. The molecule has 0 aliphatic rings. The van der Waals surface area contributed by atoms with Crippen LogP contribution in [0, 0.1) is 3.57 Å². The van der Waals surface area contributed by atoms with Crippen molar-refractivity contribution in [2.45, 2.75) is 4.90 Å². The highest BCUT2D eigenvalue weighted by atomic mass is 127. The summed E-state index contributed by atoms with van der Waals surface area (Å²) in [6.45, 7) is 0. The molecule has 0 aliphatic carbocycles. The van der Waals surface area contributed by atoms with Crippen LogP contribution in [0.1, 0.15) is 5.56 Å². The number of benzene rings is 3. The number of rotatable bonds is 7. The Morgan fingerprint density at radius 1 is 0.897 bits per heavy atom. The van der Waals surface area contributed by atoms with E-state index in [1.165, 1.54) is 12.1 Å². The molecule has 8 heteroatoms. The molecule has 6 nitrogen and oxygen atoms in total. The molecule has 3 aromatic carbocycles. The van der Waals surface area contributed by atoms with E-state index in [0.717, 1.165) is 9.13 Å². The highest BCUT2D eigenvalue weighted by Crippen LogP contribution is 2.27. The third kappa shape index (κ3) is 5.48.